The lowest BCUT2D eigenvalue weighted by atomic mass is 9.82. The number of guanidine groups is 1. The van der Waals surface area contributed by atoms with E-state index in [2.05, 4.69) is 55.2 Å². The molecule has 3 rings (SSSR count). The van der Waals surface area contributed by atoms with Crippen molar-refractivity contribution in [2.45, 2.75) is 19.3 Å². The van der Waals surface area contributed by atoms with Crippen LogP contribution in [0, 0.1) is 0 Å². The number of hydrogen-bond donors (Lipinski definition) is 2. The third kappa shape index (κ3) is 1.70. The first kappa shape index (κ1) is 11.8. The van der Waals surface area contributed by atoms with Gasteiger partial charge in [-0.15, -0.1) is 0 Å². The zero-order valence-corrected chi connectivity index (χ0v) is 11.1. The Labute approximate surface area is 113 Å². The number of hydrogen-bond acceptors (Lipinski definition) is 1. The summed E-state index contributed by atoms with van der Waals surface area (Å²) in [5.41, 5.74) is 16.9. The maximum Gasteiger partial charge on any atom is 0.191 e. The average Bonchev–Trinajstić information content (AvgIpc) is 2.59. The molecule has 0 aliphatic heterocycles. The summed E-state index contributed by atoms with van der Waals surface area (Å²) < 4.78 is 0. The zero-order chi connectivity index (χ0) is 13.6. The molecule has 2 aromatic rings. The van der Waals surface area contributed by atoms with Crippen molar-refractivity contribution in [3.8, 4) is 11.1 Å². The highest BCUT2D eigenvalue weighted by atomic mass is 15.0. The van der Waals surface area contributed by atoms with Crippen molar-refractivity contribution in [2.75, 3.05) is 0 Å². The Morgan fingerprint density at radius 1 is 0.947 bits per heavy atom. The smallest absolute Gasteiger partial charge is 0.191 e. The Hall–Kier alpha value is -2.29. The van der Waals surface area contributed by atoms with E-state index in [-0.39, 0.29) is 11.4 Å². The highest BCUT2D eigenvalue weighted by Gasteiger charge is 2.35. The van der Waals surface area contributed by atoms with Gasteiger partial charge in [-0.05, 0) is 34.4 Å². The summed E-state index contributed by atoms with van der Waals surface area (Å²) in [5.74, 6) is 0.0910. The second-order valence-electron chi connectivity index (χ2n) is 5.44. The van der Waals surface area contributed by atoms with Crippen LogP contribution in [-0.2, 0) is 5.41 Å². The fraction of sp³-hybridized carbons (Fsp3) is 0.188. The molecule has 0 bridgehead atoms. The predicted octanol–water partition coefficient (Wildman–Crippen LogP) is 2.90. The van der Waals surface area contributed by atoms with Crippen LogP contribution < -0.4 is 11.5 Å². The molecule has 0 saturated heterocycles. The molecule has 0 radical (unpaired) electrons. The van der Waals surface area contributed by atoms with Crippen LogP contribution in [0.2, 0.25) is 0 Å². The third-order valence-corrected chi connectivity index (χ3v) is 3.83. The standard InChI is InChI=1S/C16H17N3/c1-16(2)13-6-4-3-5-11(13)12-8-7-10(9-14(12)16)19-15(17)18/h3-9H,1-2H3,(H4,17,18,19). The lowest BCUT2D eigenvalue weighted by Crippen LogP contribution is -2.22. The van der Waals surface area contributed by atoms with E-state index in [1.54, 1.807) is 0 Å². The van der Waals surface area contributed by atoms with Crippen LogP contribution in [0.1, 0.15) is 25.0 Å². The molecule has 0 fully saturated rings. The van der Waals surface area contributed by atoms with Gasteiger partial charge in [0.05, 0.1) is 5.69 Å². The Morgan fingerprint density at radius 2 is 1.63 bits per heavy atom. The summed E-state index contributed by atoms with van der Waals surface area (Å²) in [7, 11) is 0. The van der Waals surface area contributed by atoms with Crippen LogP contribution >= 0.6 is 0 Å². The molecule has 0 atom stereocenters. The SMILES string of the molecule is CC1(C)c2ccccc2-c2ccc(N=C(N)N)cc21. The van der Waals surface area contributed by atoms with Crippen molar-refractivity contribution in [1.82, 2.24) is 0 Å². The number of nitrogens with two attached hydrogens (primary N) is 2. The molecule has 0 saturated carbocycles. The van der Waals surface area contributed by atoms with Gasteiger partial charge in [0.25, 0.3) is 0 Å². The van der Waals surface area contributed by atoms with Crippen molar-refractivity contribution in [1.29, 1.82) is 0 Å². The Balaban J connectivity index is 2.24. The molecule has 0 heterocycles. The van der Waals surface area contributed by atoms with Gasteiger partial charge in [0.1, 0.15) is 0 Å². The first-order valence-corrected chi connectivity index (χ1v) is 6.34. The maximum atomic E-state index is 5.45. The Bertz CT molecular complexity index is 680. The molecule has 19 heavy (non-hydrogen) atoms. The highest BCUT2D eigenvalue weighted by molar-refractivity contribution is 5.84. The van der Waals surface area contributed by atoms with Crippen LogP contribution in [0.5, 0.6) is 0 Å². The van der Waals surface area contributed by atoms with Gasteiger partial charge in [0.2, 0.25) is 0 Å². The summed E-state index contributed by atoms with van der Waals surface area (Å²) in [6.07, 6.45) is 0. The largest absolute Gasteiger partial charge is 0.370 e. The van der Waals surface area contributed by atoms with Gasteiger partial charge in [-0.25, -0.2) is 4.99 Å². The van der Waals surface area contributed by atoms with E-state index < -0.39 is 0 Å². The lowest BCUT2D eigenvalue weighted by Gasteiger charge is -2.21. The Kier molecular flexibility index (Phi) is 2.39. The van der Waals surface area contributed by atoms with Gasteiger partial charge in [-0.1, -0.05) is 44.2 Å². The third-order valence-electron chi connectivity index (χ3n) is 3.83. The minimum atomic E-state index is -0.0131. The van der Waals surface area contributed by atoms with Crippen molar-refractivity contribution in [3.63, 3.8) is 0 Å². The predicted molar refractivity (Wildman–Crippen MR) is 79.5 cm³/mol. The van der Waals surface area contributed by atoms with Gasteiger partial charge in [-0.2, -0.15) is 0 Å². The van der Waals surface area contributed by atoms with Gasteiger partial charge in [0.15, 0.2) is 5.96 Å². The number of rotatable bonds is 1. The molecule has 0 amide bonds. The summed E-state index contributed by atoms with van der Waals surface area (Å²) >= 11 is 0. The number of nitrogens with zero attached hydrogens (tertiary/aromatic N) is 1. The first-order chi connectivity index (χ1) is 9.00. The van der Waals surface area contributed by atoms with E-state index in [9.17, 15) is 0 Å². The molecular formula is C16H17N3. The van der Waals surface area contributed by atoms with E-state index in [1.807, 2.05) is 6.07 Å². The summed E-state index contributed by atoms with van der Waals surface area (Å²) in [4.78, 5) is 4.14. The molecule has 2 aromatic carbocycles. The molecule has 1 aliphatic carbocycles. The highest BCUT2D eigenvalue weighted by Crippen LogP contribution is 2.49. The topological polar surface area (TPSA) is 64.4 Å². The molecule has 3 nitrogen and oxygen atoms in total. The monoisotopic (exact) mass is 251 g/mol. The van der Waals surface area contributed by atoms with Crippen LogP contribution in [0.15, 0.2) is 47.5 Å². The van der Waals surface area contributed by atoms with Crippen LogP contribution in [-0.4, -0.2) is 5.96 Å². The van der Waals surface area contributed by atoms with E-state index in [0.29, 0.717) is 0 Å². The average molecular weight is 251 g/mol. The molecule has 96 valence electrons. The minimum Gasteiger partial charge on any atom is -0.370 e. The van der Waals surface area contributed by atoms with E-state index in [4.69, 9.17) is 11.5 Å². The van der Waals surface area contributed by atoms with Crippen LogP contribution in [0.25, 0.3) is 11.1 Å². The number of benzene rings is 2. The molecule has 0 spiro atoms. The number of aliphatic imine (C=N–C) groups is 1. The lowest BCUT2D eigenvalue weighted by molar-refractivity contribution is 0.660. The second kappa shape index (κ2) is 3.85. The summed E-state index contributed by atoms with van der Waals surface area (Å²) in [6.45, 7) is 4.47. The minimum absolute atomic E-state index is 0.0131. The van der Waals surface area contributed by atoms with Crippen molar-refractivity contribution >= 4 is 11.6 Å². The summed E-state index contributed by atoms with van der Waals surface area (Å²) in [5, 5.41) is 0. The zero-order valence-electron chi connectivity index (χ0n) is 11.1. The number of fused-ring (bicyclic) bond motifs is 3. The quantitative estimate of drug-likeness (QED) is 0.604. The van der Waals surface area contributed by atoms with E-state index >= 15 is 0 Å². The van der Waals surface area contributed by atoms with E-state index in [0.717, 1.165) is 5.69 Å². The molecule has 0 unspecified atom stereocenters. The molecule has 4 N–H and O–H groups in total. The fourth-order valence-corrected chi connectivity index (χ4v) is 2.91. The van der Waals surface area contributed by atoms with Gasteiger partial charge in [-0.3, -0.25) is 0 Å². The molecule has 3 heteroatoms. The molecular weight excluding hydrogens is 234 g/mol. The van der Waals surface area contributed by atoms with Crippen LogP contribution in [0.3, 0.4) is 0 Å². The van der Waals surface area contributed by atoms with E-state index in [1.165, 1.54) is 22.3 Å². The van der Waals surface area contributed by atoms with Crippen molar-refractivity contribution in [2.24, 2.45) is 16.5 Å². The first-order valence-electron chi connectivity index (χ1n) is 6.34. The van der Waals surface area contributed by atoms with Crippen molar-refractivity contribution < 1.29 is 0 Å². The maximum absolute atomic E-state index is 5.45. The Morgan fingerprint density at radius 3 is 2.37 bits per heavy atom. The normalized spacial score (nSPS) is 14.6. The van der Waals surface area contributed by atoms with Crippen molar-refractivity contribution in [3.05, 3.63) is 53.6 Å². The molecule has 0 aromatic heterocycles. The van der Waals surface area contributed by atoms with Gasteiger partial charge >= 0.3 is 0 Å². The van der Waals surface area contributed by atoms with Crippen LogP contribution in [0.4, 0.5) is 5.69 Å². The second-order valence-corrected chi connectivity index (χ2v) is 5.44. The van der Waals surface area contributed by atoms with Gasteiger partial charge in [0, 0.05) is 5.41 Å². The molecule has 1 aliphatic rings. The summed E-state index contributed by atoms with van der Waals surface area (Å²) in [6, 6.07) is 14.7. The fourth-order valence-electron chi connectivity index (χ4n) is 2.91. The van der Waals surface area contributed by atoms with Gasteiger partial charge < -0.3 is 11.5 Å².